The fraction of sp³-hybridized carbons (Fsp3) is 0.625. The summed E-state index contributed by atoms with van der Waals surface area (Å²) in [6.45, 7) is 4.45. The summed E-state index contributed by atoms with van der Waals surface area (Å²) in [6.07, 6.45) is 4.01. The Kier molecular flexibility index (Phi) is 4.11. The molecule has 0 spiro atoms. The van der Waals surface area contributed by atoms with Crippen molar-refractivity contribution in [3.05, 3.63) is 23.8 Å². The van der Waals surface area contributed by atoms with Gasteiger partial charge in [0.05, 0.1) is 11.5 Å². The molecule has 0 amide bonds. The average molecular weight is 308 g/mol. The van der Waals surface area contributed by atoms with E-state index in [0.29, 0.717) is 11.5 Å². The van der Waals surface area contributed by atoms with Crippen molar-refractivity contribution in [1.29, 1.82) is 0 Å². The largest absolute Gasteiger partial charge is 0.382 e. The van der Waals surface area contributed by atoms with Gasteiger partial charge in [0.25, 0.3) is 0 Å². The van der Waals surface area contributed by atoms with E-state index in [0.717, 1.165) is 31.6 Å². The average Bonchev–Trinajstić information content (AvgIpc) is 2.97. The van der Waals surface area contributed by atoms with E-state index in [1.165, 1.54) is 24.1 Å². The van der Waals surface area contributed by atoms with Crippen LogP contribution in [0.2, 0.25) is 0 Å². The molecule has 4 nitrogen and oxygen atoms in total. The van der Waals surface area contributed by atoms with Gasteiger partial charge in [0.1, 0.15) is 9.84 Å². The van der Waals surface area contributed by atoms with Crippen LogP contribution in [0.25, 0.3) is 0 Å². The van der Waals surface area contributed by atoms with Gasteiger partial charge in [-0.15, -0.1) is 0 Å². The third kappa shape index (κ3) is 3.51. The van der Waals surface area contributed by atoms with Crippen LogP contribution in [0, 0.1) is 6.92 Å². The van der Waals surface area contributed by atoms with Gasteiger partial charge >= 0.3 is 0 Å². The SMILES string of the molecule is Cc1cc(N2CCCC2)ccc1NC1CCS(=O)(=O)CC1. The summed E-state index contributed by atoms with van der Waals surface area (Å²) in [4.78, 5) is 2.43. The number of hydrogen-bond donors (Lipinski definition) is 1. The van der Waals surface area contributed by atoms with E-state index in [1.807, 2.05) is 0 Å². The smallest absolute Gasteiger partial charge is 0.150 e. The summed E-state index contributed by atoms with van der Waals surface area (Å²) >= 11 is 0. The lowest BCUT2D eigenvalue weighted by Gasteiger charge is -2.26. The topological polar surface area (TPSA) is 49.4 Å². The van der Waals surface area contributed by atoms with Gasteiger partial charge in [-0.1, -0.05) is 0 Å². The third-order valence-corrected chi connectivity index (χ3v) is 6.31. The molecule has 2 aliphatic heterocycles. The van der Waals surface area contributed by atoms with Crippen LogP contribution in [0.15, 0.2) is 18.2 Å². The maximum atomic E-state index is 11.5. The van der Waals surface area contributed by atoms with Gasteiger partial charge in [0.2, 0.25) is 0 Å². The molecule has 5 heteroatoms. The van der Waals surface area contributed by atoms with Crippen LogP contribution < -0.4 is 10.2 Å². The summed E-state index contributed by atoms with van der Waals surface area (Å²) in [5.41, 5.74) is 3.69. The standard InChI is InChI=1S/C16H24N2O2S/c1-13-12-15(18-8-2-3-9-18)4-5-16(13)17-14-6-10-21(19,20)11-7-14/h4-5,12,14,17H,2-3,6-11H2,1H3. The fourth-order valence-electron chi connectivity index (χ4n) is 3.24. The molecule has 2 saturated heterocycles. The van der Waals surface area contributed by atoms with E-state index in [-0.39, 0.29) is 6.04 Å². The van der Waals surface area contributed by atoms with Gasteiger partial charge in [-0.3, -0.25) is 0 Å². The molecule has 0 aliphatic carbocycles. The number of rotatable bonds is 3. The Balaban J connectivity index is 1.66. The molecule has 2 heterocycles. The van der Waals surface area contributed by atoms with Crippen molar-refractivity contribution >= 4 is 21.2 Å². The molecule has 2 fully saturated rings. The molecular formula is C16H24N2O2S. The maximum absolute atomic E-state index is 11.5. The first-order valence-electron chi connectivity index (χ1n) is 7.86. The monoisotopic (exact) mass is 308 g/mol. The van der Waals surface area contributed by atoms with Gasteiger partial charge < -0.3 is 10.2 Å². The van der Waals surface area contributed by atoms with Crippen LogP contribution >= 0.6 is 0 Å². The minimum absolute atomic E-state index is 0.282. The van der Waals surface area contributed by atoms with Crippen LogP contribution in [0.4, 0.5) is 11.4 Å². The van der Waals surface area contributed by atoms with Crippen molar-refractivity contribution in [3.63, 3.8) is 0 Å². The fourth-order valence-corrected chi connectivity index (χ4v) is 4.73. The molecule has 0 saturated carbocycles. The Hall–Kier alpha value is -1.23. The molecule has 0 unspecified atom stereocenters. The van der Waals surface area contributed by atoms with Gasteiger partial charge in [-0.2, -0.15) is 0 Å². The van der Waals surface area contributed by atoms with Crippen LogP contribution in [-0.4, -0.2) is 39.1 Å². The second kappa shape index (κ2) is 5.87. The highest BCUT2D eigenvalue weighted by Gasteiger charge is 2.23. The molecule has 0 radical (unpaired) electrons. The summed E-state index contributed by atoms with van der Waals surface area (Å²) < 4.78 is 22.9. The van der Waals surface area contributed by atoms with Gasteiger partial charge in [0.15, 0.2) is 0 Å². The predicted molar refractivity (Wildman–Crippen MR) is 87.9 cm³/mol. The van der Waals surface area contributed by atoms with Crippen molar-refractivity contribution in [1.82, 2.24) is 0 Å². The second-order valence-corrected chi connectivity index (χ2v) is 8.57. The lowest BCUT2D eigenvalue weighted by molar-refractivity contribution is 0.559. The van der Waals surface area contributed by atoms with Crippen LogP contribution in [0.1, 0.15) is 31.2 Å². The van der Waals surface area contributed by atoms with Gasteiger partial charge in [-0.25, -0.2) is 8.42 Å². The van der Waals surface area contributed by atoms with E-state index in [9.17, 15) is 8.42 Å². The quantitative estimate of drug-likeness (QED) is 0.932. The molecule has 2 aliphatic rings. The lowest BCUT2D eigenvalue weighted by Crippen LogP contribution is -2.32. The molecule has 0 atom stereocenters. The van der Waals surface area contributed by atoms with Crippen LogP contribution in [0.3, 0.4) is 0 Å². The Morgan fingerprint density at radius 1 is 1.14 bits per heavy atom. The highest BCUT2D eigenvalue weighted by Crippen LogP contribution is 2.27. The molecule has 116 valence electrons. The number of sulfone groups is 1. The first-order chi connectivity index (χ1) is 10.0. The molecule has 0 aromatic heterocycles. The zero-order valence-electron chi connectivity index (χ0n) is 12.6. The number of hydrogen-bond acceptors (Lipinski definition) is 4. The first kappa shape index (κ1) is 14.7. The normalized spacial score (nSPS) is 22.4. The van der Waals surface area contributed by atoms with Crippen LogP contribution in [-0.2, 0) is 9.84 Å². The Bertz CT molecular complexity index is 593. The number of benzene rings is 1. The Morgan fingerprint density at radius 3 is 2.43 bits per heavy atom. The molecule has 1 aromatic carbocycles. The Morgan fingerprint density at radius 2 is 1.81 bits per heavy atom. The number of anilines is 2. The van der Waals surface area contributed by atoms with Crippen LogP contribution in [0.5, 0.6) is 0 Å². The molecule has 0 bridgehead atoms. The highest BCUT2D eigenvalue weighted by molar-refractivity contribution is 7.91. The van der Waals surface area contributed by atoms with Crippen molar-refractivity contribution in [3.8, 4) is 0 Å². The molecule has 1 aromatic rings. The lowest BCUT2D eigenvalue weighted by atomic mass is 10.1. The molecule has 21 heavy (non-hydrogen) atoms. The summed E-state index contributed by atoms with van der Waals surface area (Å²) in [6, 6.07) is 6.85. The summed E-state index contributed by atoms with van der Waals surface area (Å²) in [5, 5.41) is 3.52. The number of aryl methyl sites for hydroxylation is 1. The minimum atomic E-state index is -2.78. The predicted octanol–water partition coefficient (Wildman–Crippen LogP) is 2.58. The zero-order valence-corrected chi connectivity index (χ0v) is 13.5. The van der Waals surface area contributed by atoms with E-state index in [2.05, 4.69) is 35.3 Å². The number of nitrogens with one attached hydrogen (secondary N) is 1. The molecule has 1 N–H and O–H groups in total. The summed E-state index contributed by atoms with van der Waals surface area (Å²) in [5.74, 6) is 0.630. The maximum Gasteiger partial charge on any atom is 0.150 e. The minimum Gasteiger partial charge on any atom is -0.382 e. The summed E-state index contributed by atoms with van der Waals surface area (Å²) in [7, 11) is -2.78. The molecule has 3 rings (SSSR count). The van der Waals surface area contributed by atoms with E-state index >= 15 is 0 Å². The van der Waals surface area contributed by atoms with E-state index in [4.69, 9.17) is 0 Å². The first-order valence-corrected chi connectivity index (χ1v) is 9.68. The molecular weight excluding hydrogens is 284 g/mol. The third-order valence-electron chi connectivity index (χ3n) is 4.60. The number of nitrogens with zero attached hydrogens (tertiary/aromatic N) is 1. The van der Waals surface area contributed by atoms with Gasteiger partial charge in [-0.05, 0) is 56.4 Å². The highest BCUT2D eigenvalue weighted by atomic mass is 32.2. The van der Waals surface area contributed by atoms with Crippen molar-refractivity contribution in [2.45, 2.75) is 38.6 Å². The van der Waals surface area contributed by atoms with Gasteiger partial charge in [0, 0.05) is 30.5 Å². The van der Waals surface area contributed by atoms with Crippen molar-refractivity contribution in [2.24, 2.45) is 0 Å². The van der Waals surface area contributed by atoms with E-state index in [1.54, 1.807) is 0 Å². The zero-order chi connectivity index (χ0) is 14.9. The van der Waals surface area contributed by atoms with Crippen molar-refractivity contribution in [2.75, 3.05) is 34.8 Å². The Labute approximate surface area is 127 Å². The van der Waals surface area contributed by atoms with Crippen molar-refractivity contribution < 1.29 is 8.42 Å². The second-order valence-electron chi connectivity index (χ2n) is 6.26. The van der Waals surface area contributed by atoms with E-state index < -0.39 is 9.84 Å².